The molecule has 0 aliphatic heterocycles. The highest BCUT2D eigenvalue weighted by Crippen LogP contribution is 2.28. The molecular formula is C20H33N3O. The molecule has 0 atom stereocenters. The van der Waals surface area contributed by atoms with Gasteiger partial charge in [0.15, 0.2) is 0 Å². The van der Waals surface area contributed by atoms with E-state index in [1.165, 1.54) is 11.1 Å². The Hall–Kier alpha value is -1.55. The Balaban J connectivity index is 1.73. The molecule has 1 aliphatic carbocycles. The first kappa shape index (κ1) is 18.8. The van der Waals surface area contributed by atoms with Crippen molar-refractivity contribution in [2.24, 2.45) is 0 Å². The predicted molar refractivity (Wildman–Crippen MR) is 100 cm³/mol. The molecule has 0 radical (unpaired) electrons. The average Bonchev–Trinajstić information content (AvgIpc) is 3.38. The number of rotatable bonds is 9. The number of amides is 2. The SMILES string of the molecule is Cc1ccc(CN(C(=O)NCCCCN(C)C(C)C)C2CC2)cc1. The van der Waals surface area contributed by atoms with E-state index in [1.54, 1.807) is 0 Å². The molecule has 1 saturated carbocycles. The third kappa shape index (κ3) is 6.16. The molecular weight excluding hydrogens is 298 g/mol. The van der Waals surface area contributed by atoms with Gasteiger partial charge in [0.2, 0.25) is 0 Å². The lowest BCUT2D eigenvalue weighted by Crippen LogP contribution is -2.41. The maximum absolute atomic E-state index is 12.5. The number of hydrogen-bond acceptors (Lipinski definition) is 2. The zero-order valence-electron chi connectivity index (χ0n) is 15.7. The van der Waals surface area contributed by atoms with Crippen molar-refractivity contribution < 1.29 is 4.79 Å². The van der Waals surface area contributed by atoms with E-state index in [4.69, 9.17) is 0 Å². The minimum atomic E-state index is 0.0929. The van der Waals surface area contributed by atoms with Crippen LogP contribution < -0.4 is 5.32 Å². The van der Waals surface area contributed by atoms with Gasteiger partial charge in [0, 0.05) is 25.2 Å². The van der Waals surface area contributed by atoms with E-state index in [2.05, 4.69) is 62.3 Å². The van der Waals surface area contributed by atoms with E-state index in [-0.39, 0.29) is 6.03 Å². The maximum Gasteiger partial charge on any atom is 0.317 e. The van der Waals surface area contributed by atoms with Crippen LogP contribution in [-0.4, -0.2) is 48.1 Å². The summed E-state index contributed by atoms with van der Waals surface area (Å²) in [4.78, 5) is 16.9. The predicted octanol–water partition coefficient (Wildman–Crippen LogP) is 3.79. The van der Waals surface area contributed by atoms with E-state index in [1.807, 2.05) is 4.90 Å². The van der Waals surface area contributed by atoms with Crippen LogP contribution in [0.2, 0.25) is 0 Å². The highest BCUT2D eigenvalue weighted by atomic mass is 16.2. The Morgan fingerprint density at radius 1 is 1.21 bits per heavy atom. The molecule has 1 aromatic carbocycles. The fourth-order valence-corrected chi connectivity index (χ4v) is 2.68. The molecule has 0 unspecified atom stereocenters. The number of unbranched alkanes of at least 4 members (excludes halogenated alkanes) is 1. The van der Waals surface area contributed by atoms with Gasteiger partial charge < -0.3 is 15.1 Å². The quantitative estimate of drug-likeness (QED) is 0.699. The standard InChI is InChI=1S/C20H33N3O/c1-16(2)22(4)14-6-5-13-21-20(24)23(19-11-12-19)15-18-9-7-17(3)8-10-18/h7-10,16,19H,5-6,11-15H2,1-4H3,(H,21,24). The van der Waals surface area contributed by atoms with Crippen molar-refractivity contribution in [2.45, 2.75) is 65.1 Å². The molecule has 0 aromatic heterocycles. The summed E-state index contributed by atoms with van der Waals surface area (Å²) in [6, 6.07) is 9.58. The second kappa shape index (κ2) is 9.07. The summed E-state index contributed by atoms with van der Waals surface area (Å²) in [6.45, 7) is 9.07. The Morgan fingerprint density at radius 2 is 1.88 bits per heavy atom. The lowest BCUT2D eigenvalue weighted by atomic mass is 10.1. The Morgan fingerprint density at radius 3 is 2.46 bits per heavy atom. The van der Waals surface area contributed by atoms with Gasteiger partial charge in [0.1, 0.15) is 0 Å². The molecule has 4 nitrogen and oxygen atoms in total. The van der Waals surface area contributed by atoms with Crippen LogP contribution in [0.3, 0.4) is 0 Å². The average molecular weight is 332 g/mol. The third-order valence-electron chi connectivity index (χ3n) is 4.82. The van der Waals surface area contributed by atoms with Crippen molar-refractivity contribution in [3.8, 4) is 0 Å². The molecule has 0 spiro atoms. The van der Waals surface area contributed by atoms with Gasteiger partial charge >= 0.3 is 6.03 Å². The number of aryl methyl sites for hydroxylation is 1. The molecule has 2 rings (SSSR count). The largest absolute Gasteiger partial charge is 0.338 e. The lowest BCUT2D eigenvalue weighted by molar-refractivity contribution is 0.191. The van der Waals surface area contributed by atoms with Gasteiger partial charge in [-0.15, -0.1) is 0 Å². The van der Waals surface area contributed by atoms with E-state index >= 15 is 0 Å². The highest BCUT2D eigenvalue weighted by molar-refractivity contribution is 5.74. The summed E-state index contributed by atoms with van der Waals surface area (Å²) in [5.41, 5.74) is 2.47. The fourth-order valence-electron chi connectivity index (χ4n) is 2.68. The maximum atomic E-state index is 12.5. The van der Waals surface area contributed by atoms with Crippen LogP contribution in [-0.2, 0) is 6.54 Å². The molecule has 1 fully saturated rings. The first-order valence-electron chi connectivity index (χ1n) is 9.27. The Bertz CT molecular complexity index is 508. The van der Waals surface area contributed by atoms with Crippen molar-refractivity contribution in [1.29, 1.82) is 0 Å². The third-order valence-corrected chi connectivity index (χ3v) is 4.82. The van der Waals surface area contributed by atoms with Gasteiger partial charge in [-0.3, -0.25) is 0 Å². The summed E-state index contributed by atoms with van der Waals surface area (Å²) in [7, 11) is 2.15. The van der Waals surface area contributed by atoms with Crippen molar-refractivity contribution in [3.63, 3.8) is 0 Å². The first-order chi connectivity index (χ1) is 11.5. The van der Waals surface area contributed by atoms with E-state index in [9.17, 15) is 4.79 Å². The first-order valence-corrected chi connectivity index (χ1v) is 9.27. The van der Waals surface area contributed by atoms with Crippen LogP contribution in [0.1, 0.15) is 50.7 Å². The number of carbonyl (C=O) groups is 1. The summed E-state index contributed by atoms with van der Waals surface area (Å²) in [5, 5.41) is 3.11. The van der Waals surface area contributed by atoms with E-state index in [0.717, 1.165) is 38.8 Å². The second-order valence-corrected chi connectivity index (χ2v) is 7.36. The van der Waals surface area contributed by atoms with E-state index < -0.39 is 0 Å². The van der Waals surface area contributed by atoms with Crippen LogP contribution in [0.4, 0.5) is 4.79 Å². The normalized spacial score (nSPS) is 14.2. The molecule has 134 valence electrons. The van der Waals surface area contributed by atoms with Gasteiger partial charge in [-0.2, -0.15) is 0 Å². The number of carbonyl (C=O) groups excluding carboxylic acids is 1. The number of urea groups is 1. The smallest absolute Gasteiger partial charge is 0.317 e. The highest BCUT2D eigenvalue weighted by Gasteiger charge is 2.32. The van der Waals surface area contributed by atoms with Gasteiger partial charge in [0.05, 0.1) is 0 Å². The van der Waals surface area contributed by atoms with Crippen LogP contribution >= 0.6 is 0 Å². The zero-order valence-corrected chi connectivity index (χ0v) is 15.7. The molecule has 0 heterocycles. The summed E-state index contributed by atoms with van der Waals surface area (Å²) >= 11 is 0. The zero-order chi connectivity index (χ0) is 17.5. The van der Waals surface area contributed by atoms with E-state index in [0.29, 0.717) is 18.6 Å². The molecule has 1 N–H and O–H groups in total. The van der Waals surface area contributed by atoms with Gasteiger partial charge in [-0.05, 0) is 65.6 Å². The lowest BCUT2D eigenvalue weighted by Gasteiger charge is -2.23. The molecule has 24 heavy (non-hydrogen) atoms. The minimum absolute atomic E-state index is 0.0929. The molecule has 4 heteroatoms. The van der Waals surface area contributed by atoms with Crippen molar-refractivity contribution in [2.75, 3.05) is 20.1 Å². The number of benzene rings is 1. The monoisotopic (exact) mass is 331 g/mol. The minimum Gasteiger partial charge on any atom is -0.338 e. The van der Waals surface area contributed by atoms with Gasteiger partial charge in [0.25, 0.3) is 0 Å². The molecule has 0 bridgehead atoms. The number of nitrogens with one attached hydrogen (secondary N) is 1. The molecule has 0 saturated heterocycles. The fraction of sp³-hybridized carbons (Fsp3) is 0.650. The summed E-state index contributed by atoms with van der Waals surface area (Å²) in [5.74, 6) is 0. The van der Waals surface area contributed by atoms with Crippen LogP contribution in [0.15, 0.2) is 24.3 Å². The van der Waals surface area contributed by atoms with Crippen molar-refractivity contribution >= 4 is 6.03 Å². The number of nitrogens with zero attached hydrogens (tertiary/aromatic N) is 2. The molecule has 2 amide bonds. The van der Waals surface area contributed by atoms with Gasteiger partial charge in [-0.1, -0.05) is 29.8 Å². The Kier molecular flexibility index (Phi) is 7.10. The molecule has 1 aromatic rings. The van der Waals surface area contributed by atoms with Crippen LogP contribution in [0.25, 0.3) is 0 Å². The summed E-state index contributed by atoms with van der Waals surface area (Å²) in [6.07, 6.45) is 4.43. The van der Waals surface area contributed by atoms with Gasteiger partial charge in [-0.25, -0.2) is 4.79 Å². The van der Waals surface area contributed by atoms with Crippen LogP contribution in [0.5, 0.6) is 0 Å². The van der Waals surface area contributed by atoms with Crippen molar-refractivity contribution in [1.82, 2.24) is 15.1 Å². The molecule has 1 aliphatic rings. The topological polar surface area (TPSA) is 35.6 Å². The Labute approximate surface area is 147 Å². The number of hydrogen-bond donors (Lipinski definition) is 1. The van der Waals surface area contributed by atoms with Crippen LogP contribution in [0, 0.1) is 6.92 Å². The summed E-state index contributed by atoms with van der Waals surface area (Å²) < 4.78 is 0. The van der Waals surface area contributed by atoms with Crippen molar-refractivity contribution in [3.05, 3.63) is 35.4 Å². The second-order valence-electron chi connectivity index (χ2n) is 7.36.